The first-order chi connectivity index (χ1) is 3.66. The van der Waals surface area contributed by atoms with Gasteiger partial charge in [-0.2, -0.15) is 0 Å². The summed E-state index contributed by atoms with van der Waals surface area (Å²) < 4.78 is 0. The monoisotopic (exact) mass is 180 g/mol. The quantitative estimate of drug-likeness (QED) is 0.684. The molecule has 1 heteroatoms. The molecule has 1 unspecified atom stereocenters. The maximum atomic E-state index is 9.03. The van der Waals surface area contributed by atoms with Crippen molar-refractivity contribution < 1.29 is 5.11 Å². The molecule has 0 aromatic rings. The molecule has 1 nitrogen and oxygen atoms in total. The molecule has 82 valence electrons. The van der Waals surface area contributed by atoms with E-state index < -0.39 is 0 Å². The van der Waals surface area contributed by atoms with E-state index in [9.17, 15) is 0 Å². The average molecular weight is 180 g/mol. The molecule has 0 heterocycles. The van der Waals surface area contributed by atoms with Crippen LogP contribution in [0.15, 0.2) is 0 Å². The SMILES string of the molecule is C.C.C.C.CCC(O)CC(C)C. The normalized spacial score (nSPS) is 9.75. The molecule has 0 spiro atoms. The van der Waals surface area contributed by atoms with Crippen LogP contribution in [0.3, 0.4) is 0 Å². The molecule has 0 radical (unpaired) electrons. The smallest absolute Gasteiger partial charge is 0.0540 e. The van der Waals surface area contributed by atoms with Crippen LogP contribution >= 0.6 is 0 Å². The summed E-state index contributed by atoms with van der Waals surface area (Å²) in [5, 5.41) is 9.03. The molecule has 0 aliphatic carbocycles. The number of aliphatic hydroxyl groups is 1. The van der Waals surface area contributed by atoms with Gasteiger partial charge in [0, 0.05) is 0 Å². The second kappa shape index (κ2) is 17.2. The van der Waals surface area contributed by atoms with E-state index in [0.29, 0.717) is 5.92 Å². The molecule has 0 fully saturated rings. The van der Waals surface area contributed by atoms with Crippen LogP contribution in [0, 0.1) is 5.92 Å². The number of hydrogen-bond donors (Lipinski definition) is 1. The minimum Gasteiger partial charge on any atom is -0.393 e. The molecule has 0 aliphatic rings. The summed E-state index contributed by atoms with van der Waals surface area (Å²) in [4.78, 5) is 0. The lowest BCUT2D eigenvalue weighted by Crippen LogP contribution is -2.07. The van der Waals surface area contributed by atoms with E-state index in [1.54, 1.807) is 0 Å². The molecule has 0 aromatic heterocycles. The number of aliphatic hydroxyl groups excluding tert-OH is 1. The van der Waals surface area contributed by atoms with Gasteiger partial charge in [-0.3, -0.25) is 0 Å². The lowest BCUT2D eigenvalue weighted by atomic mass is 10.0. The van der Waals surface area contributed by atoms with Crippen molar-refractivity contribution in [1.29, 1.82) is 0 Å². The van der Waals surface area contributed by atoms with Crippen LogP contribution in [-0.4, -0.2) is 11.2 Å². The molecular formula is C11H32O. The molecule has 12 heavy (non-hydrogen) atoms. The Morgan fingerprint density at radius 2 is 1.33 bits per heavy atom. The fourth-order valence-electron chi connectivity index (χ4n) is 0.711. The summed E-state index contributed by atoms with van der Waals surface area (Å²) in [5.41, 5.74) is 0. The summed E-state index contributed by atoms with van der Waals surface area (Å²) in [6.45, 7) is 6.25. The van der Waals surface area contributed by atoms with Crippen LogP contribution in [0.25, 0.3) is 0 Å². The second-order valence-corrected chi connectivity index (χ2v) is 2.69. The summed E-state index contributed by atoms with van der Waals surface area (Å²) >= 11 is 0. The summed E-state index contributed by atoms with van der Waals surface area (Å²) in [5.74, 6) is 0.630. The van der Waals surface area contributed by atoms with E-state index >= 15 is 0 Å². The van der Waals surface area contributed by atoms with Crippen LogP contribution in [-0.2, 0) is 0 Å². The van der Waals surface area contributed by atoms with Crippen molar-refractivity contribution in [3.63, 3.8) is 0 Å². The maximum absolute atomic E-state index is 9.03. The predicted molar refractivity (Wildman–Crippen MR) is 62.7 cm³/mol. The molecule has 1 N–H and O–H groups in total. The molecule has 1 atom stereocenters. The molecule has 0 saturated heterocycles. The molecule has 0 aromatic carbocycles. The lowest BCUT2D eigenvalue weighted by molar-refractivity contribution is 0.145. The summed E-state index contributed by atoms with van der Waals surface area (Å²) in [6.07, 6.45) is 1.75. The van der Waals surface area contributed by atoms with E-state index in [1.165, 1.54) is 0 Å². The van der Waals surface area contributed by atoms with Gasteiger partial charge in [-0.15, -0.1) is 0 Å². The van der Waals surface area contributed by atoms with E-state index in [2.05, 4.69) is 13.8 Å². The van der Waals surface area contributed by atoms with Crippen molar-refractivity contribution in [2.75, 3.05) is 0 Å². The van der Waals surface area contributed by atoms with E-state index in [4.69, 9.17) is 5.11 Å². The van der Waals surface area contributed by atoms with Crippen molar-refractivity contribution in [3.8, 4) is 0 Å². The molecular weight excluding hydrogens is 148 g/mol. The van der Waals surface area contributed by atoms with Gasteiger partial charge in [-0.25, -0.2) is 0 Å². The zero-order valence-corrected chi connectivity index (χ0v) is 6.02. The van der Waals surface area contributed by atoms with Gasteiger partial charge in [0.15, 0.2) is 0 Å². The number of hydrogen-bond acceptors (Lipinski definition) is 1. The van der Waals surface area contributed by atoms with Gasteiger partial charge in [-0.1, -0.05) is 50.5 Å². The molecule has 0 saturated carbocycles. The lowest BCUT2D eigenvalue weighted by Gasteiger charge is -2.08. The van der Waals surface area contributed by atoms with Gasteiger partial charge in [0.2, 0.25) is 0 Å². The highest BCUT2D eigenvalue weighted by atomic mass is 16.3. The van der Waals surface area contributed by atoms with E-state index in [-0.39, 0.29) is 35.8 Å². The van der Waals surface area contributed by atoms with Gasteiger partial charge >= 0.3 is 0 Å². The first-order valence-electron chi connectivity index (χ1n) is 3.34. The van der Waals surface area contributed by atoms with Gasteiger partial charge in [0.05, 0.1) is 6.10 Å². The summed E-state index contributed by atoms with van der Waals surface area (Å²) in [7, 11) is 0. The maximum Gasteiger partial charge on any atom is 0.0540 e. The Morgan fingerprint density at radius 1 is 1.00 bits per heavy atom. The average Bonchev–Trinajstić information content (AvgIpc) is 1.65. The third-order valence-corrected chi connectivity index (χ3v) is 1.21. The zero-order chi connectivity index (χ0) is 6.57. The number of rotatable bonds is 3. The Morgan fingerprint density at radius 3 is 1.42 bits per heavy atom. The Hall–Kier alpha value is -0.0400. The predicted octanol–water partition coefficient (Wildman–Crippen LogP) is 4.35. The third kappa shape index (κ3) is 22.5. The van der Waals surface area contributed by atoms with E-state index in [0.717, 1.165) is 12.8 Å². The van der Waals surface area contributed by atoms with Crippen LogP contribution < -0.4 is 0 Å². The standard InChI is InChI=1S/C7H16O.4CH4/c1-4-7(8)5-6(2)3;;;;/h6-8H,4-5H2,1-3H3;4*1H4. The van der Waals surface area contributed by atoms with Gasteiger partial charge < -0.3 is 5.11 Å². The van der Waals surface area contributed by atoms with Gasteiger partial charge in [0.25, 0.3) is 0 Å². The minimum atomic E-state index is -0.0741. The summed E-state index contributed by atoms with van der Waals surface area (Å²) in [6, 6.07) is 0. The van der Waals surface area contributed by atoms with Crippen molar-refractivity contribution in [2.45, 2.75) is 69.4 Å². The van der Waals surface area contributed by atoms with Crippen molar-refractivity contribution in [3.05, 3.63) is 0 Å². The van der Waals surface area contributed by atoms with Crippen LogP contribution in [0.1, 0.15) is 63.3 Å². The largest absolute Gasteiger partial charge is 0.393 e. The van der Waals surface area contributed by atoms with Crippen LogP contribution in [0.4, 0.5) is 0 Å². The first kappa shape index (κ1) is 29.7. The first-order valence-corrected chi connectivity index (χ1v) is 3.34. The Kier molecular flexibility index (Phi) is 42.4. The molecule has 0 rings (SSSR count). The Labute approximate surface area is 81.2 Å². The fraction of sp³-hybridized carbons (Fsp3) is 1.00. The Bertz CT molecular complexity index is 51.0. The topological polar surface area (TPSA) is 20.2 Å². The minimum absolute atomic E-state index is 0. The Balaban J connectivity index is -0.0000000408. The third-order valence-electron chi connectivity index (χ3n) is 1.21. The van der Waals surface area contributed by atoms with E-state index in [1.807, 2.05) is 6.92 Å². The second-order valence-electron chi connectivity index (χ2n) is 2.69. The van der Waals surface area contributed by atoms with Crippen LogP contribution in [0.2, 0.25) is 0 Å². The highest BCUT2D eigenvalue weighted by Gasteiger charge is 2.01. The van der Waals surface area contributed by atoms with Gasteiger partial charge in [-0.05, 0) is 18.8 Å². The van der Waals surface area contributed by atoms with Gasteiger partial charge in [0.1, 0.15) is 0 Å². The van der Waals surface area contributed by atoms with Crippen molar-refractivity contribution in [2.24, 2.45) is 5.92 Å². The fourth-order valence-corrected chi connectivity index (χ4v) is 0.711. The zero-order valence-electron chi connectivity index (χ0n) is 6.02. The van der Waals surface area contributed by atoms with Crippen molar-refractivity contribution in [1.82, 2.24) is 0 Å². The molecule has 0 bridgehead atoms. The highest BCUT2D eigenvalue weighted by Crippen LogP contribution is 2.05. The van der Waals surface area contributed by atoms with Crippen molar-refractivity contribution >= 4 is 0 Å². The molecule has 0 amide bonds. The van der Waals surface area contributed by atoms with Crippen LogP contribution in [0.5, 0.6) is 0 Å². The highest BCUT2D eigenvalue weighted by molar-refractivity contribution is 4.54. The molecule has 0 aliphatic heterocycles.